The van der Waals surface area contributed by atoms with Gasteiger partial charge in [-0.25, -0.2) is 9.59 Å². The molecule has 0 aliphatic carbocycles. The van der Waals surface area contributed by atoms with E-state index in [2.05, 4.69) is 17.4 Å². The first-order valence-corrected chi connectivity index (χ1v) is 17.2. The molecule has 1 heterocycles. The van der Waals surface area contributed by atoms with Gasteiger partial charge in [0.05, 0.1) is 12.2 Å². The zero-order chi connectivity index (χ0) is 33.3. The van der Waals surface area contributed by atoms with Gasteiger partial charge in [-0.3, -0.25) is 4.79 Å². The van der Waals surface area contributed by atoms with Gasteiger partial charge in [-0.15, -0.1) is 0 Å². The fraction of sp³-hybridized carbons (Fsp3) is 0.432. The van der Waals surface area contributed by atoms with Gasteiger partial charge in [0.25, 0.3) is 5.91 Å². The number of amides is 2. The minimum absolute atomic E-state index is 0. The van der Waals surface area contributed by atoms with Crippen LogP contribution in [-0.2, 0) is 27.3 Å². The molecule has 1 saturated heterocycles. The second kappa shape index (κ2) is 17.3. The van der Waals surface area contributed by atoms with Crippen molar-refractivity contribution in [3.8, 4) is 11.1 Å². The van der Waals surface area contributed by atoms with Crippen molar-refractivity contribution in [1.29, 1.82) is 0 Å². The molecule has 10 heteroatoms. The van der Waals surface area contributed by atoms with Gasteiger partial charge in [-0.1, -0.05) is 60.7 Å². The average Bonchev–Trinajstić information content (AvgIpc) is 3.02. The summed E-state index contributed by atoms with van der Waals surface area (Å²) in [4.78, 5) is 40.0. The zero-order valence-corrected chi connectivity index (χ0v) is 28.3. The predicted octanol–water partition coefficient (Wildman–Crippen LogP) is 6.48. The molecule has 47 heavy (non-hydrogen) atoms. The summed E-state index contributed by atoms with van der Waals surface area (Å²) < 4.78 is 12.4. The quantitative estimate of drug-likeness (QED) is 0.216. The number of benzene rings is 3. The Balaban J connectivity index is 0.00000600. The van der Waals surface area contributed by atoms with E-state index in [-0.39, 0.29) is 25.0 Å². The summed E-state index contributed by atoms with van der Waals surface area (Å²) in [6.45, 7) is 8.96. The van der Waals surface area contributed by atoms with Crippen LogP contribution in [-0.4, -0.2) is 89.2 Å². The molecule has 4 rings (SSSR count). The summed E-state index contributed by atoms with van der Waals surface area (Å²) in [5.41, 5.74) is 4.04. The molecule has 2 N–H and O–H groups in total. The third kappa shape index (κ3) is 10.9. The van der Waals surface area contributed by atoms with Crippen molar-refractivity contribution in [3.05, 3.63) is 95.1 Å². The number of hydrogen-bond donors (Lipinski definition) is 2. The van der Waals surface area contributed by atoms with Gasteiger partial charge in [0.15, 0.2) is 0 Å². The number of rotatable bonds is 12. The molecule has 2 amide bonds. The molecule has 0 unspecified atom stereocenters. The van der Waals surface area contributed by atoms with Crippen LogP contribution in [0, 0.1) is 6.92 Å². The molecule has 1 fully saturated rings. The third-order valence-corrected chi connectivity index (χ3v) is 8.86. The van der Waals surface area contributed by atoms with Gasteiger partial charge >= 0.3 is 30.9 Å². The fourth-order valence-electron chi connectivity index (χ4n) is 5.71. The molecule has 8 nitrogen and oxygen atoms in total. The third-order valence-electron chi connectivity index (χ3n) is 8.22. The predicted molar refractivity (Wildman–Crippen MR) is 190 cm³/mol. The maximum atomic E-state index is 13.5. The summed E-state index contributed by atoms with van der Waals surface area (Å²) in [6, 6.07) is 22.7. The Labute approximate surface area is 295 Å². The molecule has 0 radical (unpaired) electrons. The van der Waals surface area contributed by atoms with E-state index in [1.807, 2.05) is 88.5 Å². The standard InChI is InChI=1S/C37H46N2O6S.Li.H/c1-26-11-9-10-14-29(26)31-23-28(15-16-30(31)33(40)38-32(34(41)42)17-22-46-5)25-44-37(24-27-12-7-6-8-13-27)18-20-39(21-19-37)35(43)45-36(2,3)4;;/h6-16,23,32H,17-22,24-25H2,1-5H3,(H,38,40)(H,41,42);;/t32-;;/m0../s1. The number of nitrogens with zero attached hydrogens (tertiary/aromatic N) is 1. The molecule has 1 aliphatic rings. The van der Waals surface area contributed by atoms with Crippen molar-refractivity contribution in [3.63, 3.8) is 0 Å². The van der Waals surface area contributed by atoms with E-state index in [0.29, 0.717) is 56.7 Å². The van der Waals surface area contributed by atoms with E-state index in [9.17, 15) is 19.5 Å². The Morgan fingerprint density at radius 2 is 1.62 bits per heavy atom. The number of carboxylic acid groups (broad SMARTS) is 1. The number of nitrogens with one attached hydrogen (secondary N) is 1. The van der Waals surface area contributed by atoms with E-state index >= 15 is 0 Å². The fourth-order valence-corrected chi connectivity index (χ4v) is 6.18. The number of carbonyl (C=O) groups is 3. The van der Waals surface area contributed by atoms with Gasteiger partial charge in [0.1, 0.15) is 11.6 Å². The Morgan fingerprint density at radius 1 is 0.957 bits per heavy atom. The van der Waals surface area contributed by atoms with Crippen molar-refractivity contribution >= 4 is 48.6 Å². The van der Waals surface area contributed by atoms with Crippen LogP contribution in [0.3, 0.4) is 0 Å². The maximum absolute atomic E-state index is 13.5. The van der Waals surface area contributed by atoms with Crippen LogP contribution in [0.2, 0.25) is 0 Å². The number of aliphatic carboxylic acids is 1. The Bertz CT molecular complexity index is 1500. The molecule has 0 bridgehead atoms. The van der Waals surface area contributed by atoms with Crippen molar-refractivity contribution in [2.45, 2.75) is 77.2 Å². The van der Waals surface area contributed by atoms with Crippen LogP contribution >= 0.6 is 11.8 Å². The second-order valence-corrected chi connectivity index (χ2v) is 13.9. The van der Waals surface area contributed by atoms with Crippen LogP contribution in [0.15, 0.2) is 72.8 Å². The molecule has 3 aromatic carbocycles. The van der Waals surface area contributed by atoms with Crippen LogP contribution in [0.25, 0.3) is 11.1 Å². The van der Waals surface area contributed by atoms with Gasteiger partial charge < -0.3 is 24.8 Å². The summed E-state index contributed by atoms with van der Waals surface area (Å²) >= 11 is 1.54. The average molecular weight is 655 g/mol. The number of thioether (sulfide) groups is 1. The first-order chi connectivity index (χ1) is 21.9. The molecule has 1 aliphatic heterocycles. The molecular weight excluding hydrogens is 607 g/mol. The number of carbonyl (C=O) groups excluding carboxylic acids is 2. The number of carboxylic acids is 1. The van der Waals surface area contributed by atoms with Crippen molar-refractivity contribution in [1.82, 2.24) is 10.2 Å². The van der Waals surface area contributed by atoms with Gasteiger partial charge in [0, 0.05) is 25.1 Å². The molecule has 1 atom stereocenters. The van der Waals surface area contributed by atoms with Crippen molar-refractivity contribution in [2.24, 2.45) is 0 Å². The molecule has 0 aromatic heterocycles. The van der Waals surface area contributed by atoms with Crippen LogP contribution in [0.1, 0.15) is 67.1 Å². The SMILES string of the molecule is CSCC[C@H](NC(=O)c1ccc(COC2(Cc3ccccc3)CCN(C(=O)OC(C)(C)C)CC2)cc1-c1ccccc1C)C(=O)O.[LiH]. The normalized spacial score (nSPS) is 14.9. The molecule has 0 saturated carbocycles. The zero-order valence-electron chi connectivity index (χ0n) is 27.5. The number of aryl methyl sites for hydroxylation is 1. The van der Waals surface area contributed by atoms with E-state index in [0.717, 1.165) is 27.8 Å². The molecule has 3 aromatic rings. The number of likely N-dealkylation sites (tertiary alicyclic amines) is 1. The van der Waals surface area contributed by atoms with E-state index in [1.54, 1.807) is 22.7 Å². The van der Waals surface area contributed by atoms with Crippen LogP contribution in [0.4, 0.5) is 4.79 Å². The summed E-state index contributed by atoms with van der Waals surface area (Å²) in [7, 11) is 0. The molecule has 0 spiro atoms. The number of ether oxygens (including phenoxy) is 2. The number of piperidine rings is 1. The van der Waals surface area contributed by atoms with E-state index < -0.39 is 29.1 Å². The van der Waals surface area contributed by atoms with Gasteiger partial charge in [0.2, 0.25) is 0 Å². The first-order valence-electron chi connectivity index (χ1n) is 15.8. The Hall–Kier alpha value is -3.22. The topological polar surface area (TPSA) is 105 Å². The van der Waals surface area contributed by atoms with Gasteiger partial charge in [-0.05, 0) is 98.9 Å². The van der Waals surface area contributed by atoms with Gasteiger partial charge in [-0.2, -0.15) is 11.8 Å². The first kappa shape index (κ1) is 38.2. The molecule has 248 valence electrons. The summed E-state index contributed by atoms with van der Waals surface area (Å²) in [5, 5.41) is 12.5. The van der Waals surface area contributed by atoms with Crippen molar-refractivity contribution in [2.75, 3.05) is 25.1 Å². The van der Waals surface area contributed by atoms with Crippen molar-refractivity contribution < 1.29 is 29.0 Å². The summed E-state index contributed by atoms with van der Waals surface area (Å²) in [5.74, 6) is -0.848. The van der Waals surface area contributed by atoms with Crippen LogP contribution in [0.5, 0.6) is 0 Å². The second-order valence-electron chi connectivity index (χ2n) is 12.9. The minimum atomic E-state index is -1.05. The van der Waals surface area contributed by atoms with E-state index in [1.165, 1.54) is 0 Å². The number of hydrogen-bond acceptors (Lipinski definition) is 6. The Morgan fingerprint density at radius 3 is 2.23 bits per heavy atom. The Kier molecular flexibility index (Phi) is 14.0. The monoisotopic (exact) mass is 654 g/mol. The van der Waals surface area contributed by atoms with E-state index in [4.69, 9.17) is 9.47 Å². The van der Waals surface area contributed by atoms with Crippen LogP contribution < -0.4 is 5.32 Å². The summed E-state index contributed by atoms with van der Waals surface area (Å²) in [6.07, 6.45) is 3.94. The molecular formula is C37H47LiN2O6S.